The Morgan fingerprint density at radius 1 is 1.14 bits per heavy atom. The number of hydrogen-bond acceptors (Lipinski definition) is 6. The maximum absolute atomic E-state index is 13.0. The molecule has 0 radical (unpaired) electrons. The molecule has 0 saturated heterocycles. The van der Waals surface area contributed by atoms with Crippen LogP contribution in [0.25, 0.3) is 0 Å². The third-order valence-corrected chi connectivity index (χ3v) is 8.87. The Hall–Kier alpha value is -2.67. The Bertz CT molecular complexity index is 1270. The zero-order chi connectivity index (χ0) is 24.9. The lowest BCUT2D eigenvalue weighted by atomic mass is 9.92. The van der Waals surface area contributed by atoms with E-state index in [-0.39, 0.29) is 22.3 Å². The van der Waals surface area contributed by atoms with Gasteiger partial charge in [-0.15, -0.1) is 0 Å². The molecule has 1 aliphatic carbocycles. The minimum absolute atomic E-state index is 0.0818. The van der Waals surface area contributed by atoms with E-state index in [2.05, 4.69) is 36.1 Å². The number of nitrogens with one attached hydrogen (secondary N) is 1. The van der Waals surface area contributed by atoms with E-state index >= 15 is 0 Å². The number of anilines is 1. The maximum atomic E-state index is 13.0. The lowest BCUT2D eigenvalue weighted by Gasteiger charge is -2.24. The van der Waals surface area contributed by atoms with Gasteiger partial charge in [-0.2, -0.15) is 0 Å². The summed E-state index contributed by atoms with van der Waals surface area (Å²) in [5.74, 6) is -0.154. The zero-order valence-electron chi connectivity index (χ0n) is 19.7. The Morgan fingerprint density at radius 2 is 1.89 bits per heavy atom. The van der Waals surface area contributed by atoms with Gasteiger partial charge < -0.3 is 9.62 Å². The monoisotopic (exact) mass is 522 g/mol. The average Bonchev–Trinajstić information content (AvgIpc) is 3.30. The Kier molecular flexibility index (Phi) is 8.26. The number of carbonyl (C=O) groups excluding carboxylic acids is 2. The van der Waals surface area contributed by atoms with Gasteiger partial charge in [0, 0.05) is 44.9 Å². The zero-order valence-corrected chi connectivity index (χ0v) is 22.1. The van der Waals surface area contributed by atoms with Gasteiger partial charge in [0.2, 0.25) is 11.6 Å². The van der Waals surface area contributed by atoms with Gasteiger partial charge in [-0.1, -0.05) is 80.6 Å². The van der Waals surface area contributed by atoms with Crippen LogP contribution in [0.1, 0.15) is 47.4 Å². The summed E-state index contributed by atoms with van der Waals surface area (Å²) < 4.78 is 2.38. The molecule has 7 heteroatoms. The fourth-order valence-corrected chi connectivity index (χ4v) is 6.70. The van der Waals surface area contributed by atoms with Crippen LogP contribution in [0.2, 0.25) is 0 Å². The van der Waals surface area contributed by atoms with Crippen LogP contribution < -0.4 is 5.32 Å². The van der Waals surface area contributed by atoms with Crippen molar-refractivity contribution in [2.45, 2.75) is 31.6 Å². The number of ketones is 2. The molecular formula is C28H27ClN2O2S2. The van der Waals surface area contributed by atoms with Crippen LogP contribution in [0.4, 0.5) is 5.69 Å². The molecule has 2 aromatic rings. The van der Waals surface area contributed by atoms with E-state index in [4.69, 9.17) is 11.6 Å². The largest absolute Gasteiger partial charge is 0.351 e. The average molecular weight is 523 g/mol. The Labute approximate surface area is 219 Å². The Balaban J connectivity index is 1.50. The van der Waals surface area contributed by atoms with E-state index in [1.54, 1.807) is 46.0 Å². The second-order valence-corrected chi connectivity index (χ2v) is 10.9. The number of Topliss-reactive ketones (excluding diaryl/α,β-unsaturated/α-hetero) is 2. The second kappa shape index (κ2) is 11.4. The van der Waals surface area contributed by atoms with Gasteiger partial charge in [-0.05, 0) is 53.3 Å². The molecule has 0 amide bonds. The van der Waals surface area contributed by atoms with Crippen molar-refractivity contribution in [3.63, 3.8) is 0 Å². The third kappa shape index (κ3) is 5.45. The first-order valence-electron chi connectivity index (χ1n) is 11.5. The number of allylic oxidation sites excluding steroid dienone is 6. The van der Waals surface area contributed by atoms with Crippen molar-refractivity contribution < 1.29 is 9.59 Å². The lowest BCUT2D eigenvalue weighted by molar-refractivity contribution is 0.0982. The van der Waals surface area contributed by atoms with Crippen LogP contribution in [0, 0.1) is 5.92 Å². The lowest BCUT2D eigenvalue weighted by Crippen LogP contribution is -2.24. The topological polar surface area (TPSA) is 49.4 Å². The summed E-state index contributed by atoms with van der Waals surface area (Å²) in [5, 5.41) is 3.02. The fourth-order valence-electron chi connectivity index (χ4n) is 4.13. The van der Waals surface area contributed by atoms with Gasteiger partial charge in [-0.25, -0.2) is 0 Å². The van der Waals surface area contributed by atoms with E-state index in [1.165, 1.54) is 11.3 Å². The molecule has 1 aliphatic heterocycles. The van der Waals surface area contributed by atoms with Crippen molar-refractivity contribution in [2.24, 2.45) is 5.92 Å². The van der Waals surface area contributed by atoms with E-state index in [9.17, 15) is 9.59 Å². The molecule has 1 N–H and O–H groups in total. The molecule has 35 heavy (non-hydrogen) atoms. The number of hydrogen-bond donors (Lipinski definition) is 1. The minimum Gasteiger partial charge on any atom is -0.351 e. The van der Waals surface area contributed by atoms with E-state index < -0.39 is 0 Å². The SMILES string of the molecule is C=C/C=C\C1=C(C(C)CC)N(SSc2cccc(NC3=C(Cl)C(=O)c4ccccc4C3=O)c2)CC1. The summed E-state index contributed by atoms with van der Waals surface area (Å²) in [6, 6.07) is 14.5. The van der Waals surface area contributed by atoms with Gasteiger partial charge >= 0.3 is 0 Å². The molecule has 2 aliphatic rings. The maximum Gasteiger partial charge on any atom is 0.211 e. The minimum atomic E-state index is -0.342. The van der Waals surface area contributed by atoms with Crippen molar-refractivity contribution in [2.75, 3.05) is 11.9 Å². The van der Waals surface area contributed by atoms with Gasteiger partial charge in [0.05, 0.1) is 0 Å². The summed E-state index contributed by atoms with van der Waals surface area (Å²) in [4.78, 5) is 26.7. The normalized spacial score (nSPS) is 16.8. The molecule has 4 nitrogen and oxygen atoms in total. The van der Waals surface area contributed by atoms with Crippen molar-refractivity contribution >= 4 is 50.6 Å². The highest BCUT2D eigenvalue weighted by Gasteiger charge is 2.31. The molecule has 4 rings (SSSR count). The molecule has 0 aromatic heterocycles. The summed E-state index contributed by atoms with van der Waals surface area (Å²) in [6.07, 6.45) is 8.08. The summed E-state index contributed by atoms with van der Waals surface area (Å²) in [7, 11) is 3.38. The highest BCUT2D eigenvalue weighted by Crippen LogP contribution is 2.43. The molecule has 180 valence electrons. The molecule has 2 aromatic carbocycles. The van der Waals surface area contributed by atoms with E-state index in [0.29, 0.717) is 22.7 Å². The molecular weight excluding hydrogens is 496 g/mol. The predicted molar refractivity (Wildman–Crippen MR) is 149 cm³/mol. The highest BCUT2D eigenvalue weighted by atomic mass is 35.5. The van der Waals surface area contributed by atoms with Gasteiger partial charge in [0.1, 0.15) is 10.7 Å². The second-order valence-electron chi connectivity index (χ2n) is 8.37. The molecule has 0 bridgehead atoms. The third-order valence-electron chi connectivity index (χ3n) is 6.08. The number of halogens is 1. The van der Waals surface area contributed by atoms with Crippen LogP contribution in [-0.2, 0) is 0 Å². The smallest absolute Gasteiger partial charge is 0.211 e. The van der Waals surface area contributed by atoms with Gasteiger partial charge in [0.15, 0.2) is 0 Å². The first kappa shape index (κ1) is 25.4. The van der Waals surface area contributed by atoms with E-state index in [1.807, 2.05) is 36.4 Å². The van der Waals surface area contributed by atoms with Gasteiger partial charge in [-0.3, -0.25) is 9.59 Å². The fraction of sp³-hybridized carbons (Fsp3) is 0.214. The number of rotatable bonds is 9. The quantitative estimate of drug-likeness (QED) is 0.204. The number of carbonyl (C=O) groups is 2. The molecule has 1 heterocycles. The van der Waals surface area contributed by atoms with Crippen molar-refractivity contribution in [3.8, 4) is 0 Å². The molecule has 0 saturated carbocycles. The van der Waals surface area contributed by atoms with Crippen molar-refractivity contribution in [3.05, 3.63) is 106 Å². The van der Waals surface area contributed by atoms with Crippen molar-refractivity contribution in [1.29, 1.82) is 0 Å². The number of nitrogens with zero attached hydrogens (tertiary/aromatic N) is 1. The van der Waals surface area contributed by atoms with Gasteiger partial charge in [0.25, 0.3) is 0 Å². The summed E-state index contributed by atoms with van der Waals surface area (Å²) >= 11 is 6.32. The van der Waals surface area contributed by atoms with Crippen LogP contribution in [0.5, 0.6) is 0 Å². The summed E-state index contributed by atoms with van der Waals surface area (Å²) in [5.41, 5.74) is 4.27. The van der Waals surface area contributed by atoms with Crippen LogP contribution in [0.15, 0.2) is 100 Å². The molecule has 1 atom stereocenters. The molecule has 0 spiro atoms. The van der Waals surface area contributed by atoms with Crippen LogP contribution >= 0.6 is 33.4 Å². The number of fused-ring (bicyclic) bond motifs is 1. The van der Waals surface area contributed by atoms with Crippen LogP contribution in [0.3, 0.4) is 0 Å². The highest BCUT2D eigenvalue weighted by molar-refractivity contribution is 8.75. The standard InChI is InChI=1S/C28H27ClN2O2S2/c1-4-6-10-19-15-16-31(26(19)18(3)5-2)35-34-21-12-9-11-20(17-21)30-25-24(29)27(32)22-13-7-8-14-23(22)28(25)33/h4,6-14,17-18,30H,1,5,15-16H2,2-3H3/b10-6-. The van der Waals surface area contributed by atoms with Crippen LogP contribution in [-0.4, -0.2) is 22.4 Å². The summed E-state index contributed by atoms with van der Waals surface area (Å²) in [6.45, 7) is 9.24. The first-order chi connectivity index (χ1) is 16.9. The molecule has 0 fully saturated rings. The number of benzene rings is 2. The van der Waals surface area contributed by atoms with E-state index in [0.717, 1.165) is 24.3 Å². The predicted octanol–water partition coefficient (Wildman–Crippen LogP) is 8.03. The Morgan fingerprint density at radius 3 is 2.60 bits per heavy atom. The molecule has 1 unspecified atom stereocenters. The van der Waals surface area contributed by atoms with Crippen molar-refractivity contribution in [1.82, 2.24) is 4.31 Å². The first-order valence-corrected chi connectivity index (χ1v) is 14.0.